The molecule has 0 saturated heterocycles. The van der Waals surface area contributed by atoms with Gasteiger partial charge in [-0.05, 0) is 84.2 Å². The number of aryl methyl sites for hydroxylation is 1. The molecule has 0 fully saturated rings. The summed E-state index contributed by atoms with van der Waals surface area (Å²) in [4.78, 5) is 21.3. The molecule has 2 amide bonds. The molecular formula is C26H25BrN4O4. The summed E-state index contributed by atoms with van der Waals surface area (Å²) in [6.45, 7) is 5.73. The van der Waals surface area contributed by atoms with Gasteiger partial charge < -0.3 is 19.5 Å². The molecular weight excluding hydrogens is 512 g/mol. The van der Waals surface area contributed by atoms with Crippen LogP contribution in [0.4, 0.5) is 16.3 Å². The molecule has 0 bridgehead atoms. The van der Waals surface area contributed by atoms with E-state index in [4.69, 9.17) is 14.2 Å². The fraction of sp³-hybridized carbons (Fsp3) is 0.192. The number of nitrogens with zero attached hydrogens (tertiary/aromatic N) is 2. The second kappa shape index (κ2) is 10.2. The number of carbonyl (C=O) groups is 1. The van der Waals surface area contributed by atoms with Crippen LogP contribution in [0.3, 0.4) is 0 Å². The van der Waals surface area contributed by atoms with Crippen LogP contribution in [0.5, 0.6) is 23.0 Å². The van der Waals surface area contributed by atoms with Crippen LogP contribution in [-0.4, -0.2) is 30.2 Å². The minimum atomic E-state index is -0.378. The van der Waals surface area contributed by atoms with E-state index in [0.717, 1.165) is 32.2 Å². The van der Waals surface area contributed by atoms with E-state index in [2.05, 4.69) is 36.5 Å². The molecule has 9 heteroatoms. The third kappa shape index (κ3) is 5.14. The number of amides is 2. The van der Waals surface area contributed by atoms with Gasteiger partial charge in [0, 0.05) is 27.8 Å². The molecule has 35 heavy (non-hydrogen) atoms. The maximum Gasteiger partial charge on any atom is 0.324 e. The van der Waals surface area contributed by atoms with Crippen LogP contribution in [0, 0.1) is 20.8 Å². The maximum atomic E-state index is 12.5. The van der Waals surface area contributed by atoms with Crippen molar-refractivity contribution in [2.75, 3.05) is 24.9 Å². The molecule has 2 heterocycles. The Kier molecular flexibility index (Phi) is 7.07. The van der Waals surface area contributed by atoms with E-state index in [1.54, 1.807) is 32.5 Å². The number of hydrogen-bond donors (Lipinski definition) is 2. The van der Waals surface area contributed by atoms with Gasteiger partial charge in [-0.2, -0.15) is 0 Å². The molecule has 180 valence electrons. The third-order valence-corrected chi connectivity index (χ3v) is 6.51. The van der Waals surface area contributed by atoms with Gasteiger partial charge in [0.25, 0.3) is 0 Å². The first-order valence-electron chi connectivity index (χ1n) is 10.8. The maximum absolute atomic E-state index is 12.5. The Morgan fingerprint density at radius 1 is 0.857 bits per heavy atom. The number of fused-ring (bicyclic) bond motifs is 1. The lowest BCUT2D eigenvalue weighted by molar-refractivity contribution is 0.262. The number of urea groups is 1. The lowest BCUT2D eigenvalue weighted by Crippen LogP contribution is -2.21. The summed E-state index contributed by atoms with van der Waals surface area (Å²) in [6.07, 6.45) is 1.68. The van der Waals surface area contributed by atoms with Gasteiger partial charge in [-0.3, -0.25) is 10.3 Å². The molecule has 0 aliphatic heterocycles. The van der Waals surface area contributed by atoms with Crippen molar-refractivity contribution in [3.8, 4) is 23.0 Å². The molecule has 4 aromatic rings. The monoisotopic (exact) mass is 536 g/mol. The first kappa shape index (κ1) is 24.3. The van der Waals surface area contributed by atoms with Crippen LogP contribution < -0.4 is 24.8 Å². The fourth-order valence-corrected chi connectivity index (χ4v) is 3.80. The number of aromatic nitrogens is 2. The zero-order valence-electron chi connectivity index (χ0n) is 20.0. The standard InChI is InChI=1S/C26H25BrN4O4/c1-14-15(2)21(8-7-19(14)30-26(32)31-25-9-6-18(27)16(3)29-25)35-22-10-11-28-20-13-24(34-5)23(33-4)12-17(20)22/h6-13H,1-5H3,(H2,29,30,31,32). The van der Waals surface area contributed by atoms with Gasteiger partial charge in [0.1, 0.15) is 17.3 Å². The largest absolute Gasteiger partial charge is 0.493 e. The Morgan fingerprint density at radius 3 is 2.31 bits per heavy atom. The fourth-order valence-electron chi connectivity index (χ4n) is 3.58. The number of pyridine rings is 2. The minimum Gasteiger partial charge on any atom is -0.493 e. The minimum absolute atomic E-state index is 0.378. The highest BCUT2D eigenvalue weighted by molar-refractivity contribution is 9.10. The highest BCUT2D eigenvalue weighted by Gasteiger charge is 2.15. The first-order chi connectivity index (χ1) is 16.8. The second-order valence-corrected chi connectivity index (χ2v) is 8.69. The van der Waals surface area contributed by atoms with Crippen molar-refractivity contribution >= 4 is 44.4 Å². The van der Waals surface area contributed by atoms with E-state index in [1.807, 2.05) is 51.1 Å². The number of ether oxygens (including phenoxy) is 3. The predicted molar refractivity (Wildman–Crippen MR) is 140 cm³/mol. The average Bonchev–Trinajstić information content (AvgIpc) is 2.85. The van der Waals surface area contributed by atoms with E-state index in [-0.39, 0.29) is 6.03 Å². The Hall–Kier alpha value is -3.85. The number of hydrogen-bond acceptors (Lipinski definition) is 6. The number of carbonyl (C=O) groups excluding carboxylic acids is 1. The summed E-state index contributed by atoms with van der Waals surface area (Å²) >= 11 is 3.41. The summed E-state index contributed by atoms with van der Waals surface area (Å²) in [5.74, 6) is 2.95. The number of anilines is 2. The van der Waals surface area contributed by atoms with Crippen LogP contribution >= 0.6 is 15.9 Å². The van der Waals surface area contributed by atoms with Crippen molar-refractivity contribution in [1.82, 2.24) is 9.97 Å². The summed E-state index contributed by atoms with van der Waals surface area (Å²) in [5.41, 5.74) is 3.96. The summed E-state index contributed by atoms with van der Waals surface area (Å²) in [7, 11) is 3.17. The van der Waals surface area contributed by atoms with E-state index < -0.39 is 0 Å². The quantitative estimate of drug-likeness (QED) is 0.282. The molecule has 2 aromatic carbocycles. The van der Waals surface area contributed by atoms with Gasteiger partial charge in [0.2, 0.25) is 0 Å². The van der Waals surface area contributed by atoms with Crippen LogP contribution in [0.2, 0.25) is 0 Å². The van der Waals surface area contributed by atoms with Gasteiger partial charge in [0.05, 0.1) is 25.4 Å². The second-order valence-electron chi connectivity index (χ2n) is 7.84. The third-order valence-electron chi connectivity index (χ3n) is 5.68. The number of nitrogens with one attached hydrogen (secondary N) is 2. The molecule has 0 aliphatic rings. The van der Waals surface area contributed by atoms with Crippen LogP contribution in [0.15, 0.2) is 53.1 Å². The summed E-state index contributed by atoms with van der Waals surface area (Å²) in [5, 5.41) is 6.43. The Labute approximate surface area is 211 Å². The number of halogens is 1. The molecule has 0 atom stereocenters. The van der Waals surface area contributed by atoms with Crippen molar-refractivity contribution < 1.29 is 19.0 Å². The molecule has 0 unspecified atom stereocenters. The zero-order chi connectivity index (χ0) is 25.1. The van der Waals surface area contributed by atoms with E-state index in [9.17, 15) is 4.79 Å². The molecule has 2 N–H and O–H groups in total. The van der Waals surface area contributed by atoms with Crippen LogP contribution in [0.1, 0.15) is 16.8 Å². The molecule has 0 radical (unpaired) electrons. The van der Waals surface area contributed by atoms with E-state index in [1.165, 1.54) is 0 Å². The Bertz CT molecular complexity index is 1420. The lowest BCUT2D eigenvalue weighted by atomic mass is 10.1. The molecule has 0 aliphatic carbocycles. The van der Waals surface area contributed by atoms with Gasteiger partial charge in [0.15, 0.2) is 11.5 Å². The van der Waals surface area contributed by atoms with Gasteiger partial charge >= 0.3 is 6.03 Å². The molecule has 2 aromatic heterocycles. The van der Waals surface area contributed by atoms with Crippen molar-refractivity contribution in [3.05, 3.63) is 70.0 Å². The highest BCUT2D eigenvalue weighted by atomic mass is 79.9. The van der Waals surface area contributed by atoms with Crippen molar-refractivity contribution in [1.29, 1.82) is 0 Å². The molecule has 0 saturated carbocycles. The van der Waals surface area contributed by atoms with Gasteiger partial charge in [-0.15, -0.1) is 0 Å². The predicted octanol–water partition coefficient (Wildman–Crippen LogP) is 6.77. The first-order valence-corrected chi connectivity index (χ1v) is 11.6. The van der Waals surface area contributed by atoms with Crippen molar-refractivity contribution in [2.24, 2.45) is 0 Å². The topological polar surface area (TPSA) is 94.6 Å². The van der Waals surface area contributed by atoms with E-state index >= 15 is 0 Å². The highest BCUT2D eigenvalue weighted by Crippen LogP contribution is 2.38. The van der Waals surface area contributed by atoms with Crippen LogP contribution in [-0.2, 0) is 0 Å². The summed E-state index contributed by atoms with van der Waals surface area (Å²) in [6, 6.07) is 12.3. The summed E-state index contributed by atoms with van der Waals surface area (Å²) < 4.78 is 18.0. The Morgan fingerprint density at radius 2 is 1.60 bits per heavy atom. The van der Waals surface area contributed by atoms with Crippen molar-refractivity contribution in [2.45, 2.75) is 20.8 Å². The average molecular weight is 537 g/mol. The SMILES string of the molecule is COc1cc2nccc(Oc3ccc(NC(=O)Nc4ccc(Br)c(C)n4)c(C)c3C)c2cc1OC. The lowest BCUT2D eigenvalue weighted by Gasteiger charge is -2.17. The smallest absolute Gasteiger partial charge is 0.324 e. The zero-order valence-corrected chi connectivity index (χ0v) is 21.6. The number of methoxy groups -OCH3 is 2. The van der Waals surface area contributed by atoms with Gasteiger partial charge in [-0.1, -0.05) is 0 Å². The van der Waals surface area contributed by atoms with E-state index in [0.29, 0.717) is 34.5 Å². The van der Waals surface area contributed by atoms with Gasteiger partial charge in [-0.25, -0.2) is 9.78 Å². The molecule has 4 rings (SSSR count). The van der Waals surface area contributed by atoms with Crippen LogP contribution in [0.25, 0.3) is 10.9 Å². The molecule has 8 nitrogen and oxygen atoms in total. The number of rotatable bonds is 6. The van der Waals surface area contributed by atoms with Crippen molar-refractivity contribution in [3.63, 3.8) is 0 Å². The Balaban J connectivity index is 1.57. The molecule has 0 spiro atoms. The number of benzene rings is 2. The normalized spacial score (nSPS) is 10.7.